The van der Waals surface area contributed by atoms with Gasteiger partial charge in [-0.3, -0.25) is 24.0 Å². The fraction of sp³-hybridized carbons (Fsp3) is 0.398. The highest BCUT2D eigenvalue weighted by atomic mass is 35.5. The number of likely N-dealkylation sites (tertiary alicyclic amines) is 2. The summed E-state index contributed by atoms with van der Waals surface area (Å²) in [5.41, 5.74) is 9.92. The summed E-state index contributed by atoms with van der Waals surface area (Å²) in [4.78, 5) is 82.6. The molecule has 137 heavy (non-hydrogen) atoms. The van der Waals surface area contributed by atoms with Crippen molar-refractivity contribution in [3.05, 3.63) is 274 Å². The predicted octanol–water partition coefficient (Wildman–Crippen LogP) is 26.3. The zero-order valence-corrected chi connectivity index (χ0v) is 83.3. The smallest absolute Gasteiger partial charge is 0.378 e. The minimum absolute atomic E-state index is 0.00803. The molecule has 4 aliphatic heterocycles. The number of morpholine rings is 2. The Kier molecular flexibility index (Phi) is 31.3. The maximum Gasteiger partial charge on any atom is 0.416 e. The van der Waals surface area contributed by atoms with Gasteiger partial charge in [-0.1, -0.05) is 119 Å². The summed E-state index contributed by atoms with van der Waals surface area (Å²) >= 11 is 52.8. The molecule has 16 nitrogen and oxygen atoms in total. The Hall–Kier alpha value is -9.32. The summed E-state index contributed by atoms with van der Waals surface area (Å²) < 4.78 is 154. The number of rotatable bonds is 19. The summed E-state index contributed by atoms with van der Waals surface area (Å²) in [6, 6.07) is 29.4. The van der Waals surface area contributed by atoms with Crippen LogP contribution in [-0.4, -0.2) is 152 Å². The highest BCUT2D eigenvalue weighted by Crippen LogP contribution is 2.53. The summed E-state index contributed by atoms with van der Waals surface area (Å²) in [5.74, 6) is -5.14. The Morgan fingerprint density at radius 3 is 1.18 bits per heavy atom. The molecule has 5 fully saturated rings. The third kappa shape index (κ3) is 22.5. The molecule has 1 unspecified atom stereocenters. The van der Waals surface area contributed by atoms with Crippen LogP contribution in [0.2, 0.25) is 40.2 Å². The molecule has 34 heteroatoms. The van der Waals surface area contributed by atoms with E-state index in [1.807, 2.05) is 30.7 Å². The molecule has 1 saturated carbocycles. The molecule has 5 aliphatic rings. The number of fused-ring (bicyclic) bond motifs is 5. The van der Waals surface area contributed by atoms with Gasteiger partial charge in [0.25, 0.3) is 35.5 Å². The number of benzene rings is 8. The molecule has 4 saturated heterocycles. The first-order valence-electron chi connectivity index (χ1n) is 44.9. The third-order valence-corrected chi connectivity index (χ3v) is 29.7. The van der Waals surface area contributed by atoms with Crippen molar-refractivity contribution in [1.82, 2.24) is 37.9 Å². The Morgan fingerprint density at radius 2 is 0.796 bits per heavy atom. The quantitative estimate of drug-likeness (QED) is 0.0725. The number of ether oxygens (including phenoxy) is 2. The standard InChI is InChI=1S/C27H27Cl2F3N2O2.C27H30Cl2F2N2O2.C26H23Cl2F3N2O2.C23H22Cl2F2N2O2/c1-15-10-19(27(30,31)32)13-23-24(15)18(14-33(23)3)12-21-22(28)5-4-20(25(21)29)26(36)34-8-6-17(7-9-34)11-16(2)35;1-16(2)15-33-19(13-21-17(3)11-18(12-24(21)33)27(4,30)31)14-22-23(28)6-5-20(25(22)29)26(34)32-7-9-35-10-8-32;1-12-6-15(26(29,30)31)8-21-22(12)14(9-32(21)3)7-17-20(27)5-4-16(24(17)28)25(35)33-10-18-19(11-33)23(18)13(2)34;1-23(26,27)15-4-3-14-11-16(28(2)20(14)12-15)13-18-19(24)6-5-17(21(18)25)22(30)29-7-9-31-10-8-29/h4-5,10,13-14,17H,6-9,11-12H2,1-3H3;5-6,11-13,16H,7-10,14-15H2,1-4H3;4-6,8-9,18-19,23H,7,10-11H2,1-3H3;3-6,11-12H,7-10,13H2,1-2H3/t;;18-,19+,23?;. The molecule has 8 heterocycles. The number of Topliss-reactive ketones (excluding diaryl/α,β-unsaturated/α-hetero) is 2. The highest BCUT2D eigenvalue weighted by molar-refractivity contribution is 6.40. The zero-order chi connectivity index (χ0) is 99.6. The lowest BCUT2D eigenvalue weighted by molar-refractivity contribution is -0.138. The number of ketones is 2. The molecule has 3 atom stereocenters. The lowest BCUT2D eigenvalue weighted by Crippen LogP contribution is -2.40. The first kappa shape index (κ1) is 104. The predicted molar refractivity (Wildman–Crippen MR) is 520 cm³/mol. The molecule has 1 aliphatic carbocycles. The molecule has 0 N–H and O–H groups in total. The normalized spacial score (nSPS) is 16.6. The zero-order valence-electron chi connectivity index (χ0n) is 77.3. The minimum Gasteiger partial charge on any atom is -0.378 e. The Bertz CT molecular complexity index is 6720. The maximum atomic E-state index is 14.2. The summed E-state index contributed by atoms with van der Waals surface area (Å²) in [7, 11) is 5.21. The van der Waals surface area contributed by atoms with Crippen LogP contribution in [-0.2, 0) is 96.6 Å². The van der Waals surface area contributed by atoms with Crippen molar-refractivity contribution in [2.45, 2.75) is 138 Å². The summed E-state index contributed by atoms with van der Waals surface area (Å²) in [6.07, 6.45) is -2.00. The molecule has 4 amide bonds. The summed E-state index contributed by atoms with van der Waals surface area (Å²) in [6.45, 7) is 21.2. The molecule has 17 rings (SSSR count). The van der Waals surface area contributed by atoms with Crippen LogP contribution in [0.15, 0.2) is 128 Å². The van der Waals surface area contributed by atoms with E-state index in [0.29, 0.717) is 218 Å². The lowest BCUT2D eigenvalue weighted by atomic mass is 9.91. The first-order valence-corrected chi connectivity index (χ1v) is 47.9. The van der Waals surface area contributed by atoms with Crippen LogP contribution < -0.4 is 0 Å². The van der Waals surface area contributed by atoms with Crippen LogP contribution in [0.1, 0.15) is 186 Å². The SMILES string of the molecule is CC(=O)C1[C@H]2CN(C(=O)c3ccc(Cl)c(Cc4cn(C)c5cc(C(F)(F)F)cc(C)c45)c3Cl)C[C@@H]12.CC(=O)CC1CCN(C(=O)c2ccc(Cl)c(Cc3cn(C)c4cc(C(F)(F)F)cc(C)c34)c2Cl)CC1.Cc1cc(C(C)(F)F)cc2c1cc(Cc1c(Cl)ccc(C(=O)N3CCOCC3)c1Cl)n2CC(C)C.Cn1c(Cc2c(Cl)ccc(C(=O)N3CCOCC3)c2Cl)cc2ccc(C(C)(F)F)cc21. The molecular formula is C103H102Cl8F10N8O8. The topological polar surface area (TPSA) is 154 Å². The number of alkyl halides is 10. The number of carbonyl (C=O) groups excluding carboxylic acids is 6. The molecular weight excluding hydrogens is 1950 g/mol. The van der Waals surface area contributed by atoms with Crippen LogP contribution in [0, 0.1) is 50.4 Å². The number of aromatic nitrogens is 4. The minimum atomic E-state index is -4.44. The van der Waals surface area contributed by atoms with E-state index >= 15 is 0 Å². The molecule has 728 valence electrons. The van der Waals surface area contributed by atoms with E-state index in [9.17, 15) is 72.7 Å². The second kappa shape index (κ2) is 41.5. The van der Waals surface area contributed by atoms with Gasteiger partial charge in [0.1, 0.15) is 11.6 Å². The molecule has 12 aromatic rings. The van der Waals surface area contributed by atoms with Crippen molar-refractivity contribution in [2.75, 3.05) is 78.8 Å². The third-order valence-electron chi connectivity index (χ3n) is 26.5. The Balaban J connectivity index is 0.000000146. The van der Waals surface area contributed by atoms with E-state index in [2.05, 4.69) is 18.4 Å². The monoisotopic (exact) mass is 2050 g/mol. The van der Waals surface area contributed by atoms with Crippen molar-refractivity contribution >= 4 is 172 Å². The van der Waals surface area contributed by atoms with Crippen molar-refractivity contribution in [1.29, 1.82) is 0 Å². The van der Waals surface area contributed by atoms with Gasteiger partial charge in [0.2, 0.25) is 0 Å². The van der Waals surface area contributed by atoms with E-state index in [1.54, 1.807) is 150 Å². The van der Waals surface area contributed by atoms with Gasteiger partial charge in [0, 0.05) is 225 Å². The van der Waals surface area contributed by atoms with Crippen LogP contribution in [0.4, 0.5) is 43.9 Å². The largest absolute Gasteiger partial charge is 0.416 e. The van der Waals surface area contributed by atoms with Gasteiger partial charge in [0.15, 0.2) is 0 Å². The average molecular weight is 2050 g/mol. The first-order chi connectivity index (χ1) is 64.4. The van der Waals surface area contributed by atoms with Gasteiger partial charge >= 0.3 is 12.4 Å². The number of amides is 4. The van der Waals surface area contributed by atoms with Crippen LogP contribution in [0.3, 0.4) is 0 Å². The average Bonchev–Trinajstić information content (AvgIpc) is 1.58. The van der Waals surface area contributed by atoms with Crippen LogP contribution in [0.5, 0.6) is 0 Å². The maximum absolute atomic E-state index is 14.2. The van der Waals surface area contributed by atoms with E-state index in [0.717, 1.165) is 95.3 Å². The van der Waals surface area contributed by atoms with Gasteiger partial charge in [-0.2, -0.15) is 26.3 Å². The van der Waals surface area contributed by atoms with E-state index in [4.69, 9.17) is 102 Å². The Morgan fingerprint density at radius 1 is 0.423 bits per heavy atom. The number of piperidine rings is 2. The van der Waals surface area contributed by atoms with Gasteiger partial charge in [-0.15, -0.1) is 0 Å². The van der Waals surface area contributed by atoms with Crippen LogP contribution in [0.25, 0.3) is 43.6 Å². The Labute approximate surface area is 827 Å². The second-order valence-electron chi connectivity index (χ2n) is 36.9. The molecule has 0 bridgehead atoms. The molecule has 8 aromatic carbocycles. The number of hydrogen-bond donors (Lipinski definition) is 0. The van der Waals surface area contributed by atoms with Gasteiger partial charge in [0.05, 0.1) is 79.9 Å². The van der Waals surface area contributed by atoms with E-state index in [1.165, 1.54) is 12.1 Å². The fourth-order valence-corrected chi connectivity index (χ4v) is 21.7. The van der Waals surface area contributed by atoms with E-state index in [-0.39, 0.29) is 98.8 Å². The van der Waals surface area contributed by atoms with E-state index < -0.39 is 35.3 Å². The second-order valence-corrected chi connectivity index (χ2v) is 40.0. The van der Waals surface area contributed by atoms with Gasteiger partial charge < -0.3 is 52.1 Å². The van der Waals surface area contributed by atoms with Crippen molar-refractivity contribution in [2.24, 2.45) is 50.7 Å². The highest BCUT2D eigenvalue weighted by Gasteiger charge is 2.59. The van der Waals surface area contributed by atoms with Crippen molar-refractivity contribution in [3.63, 3.8) is 0 Å². The molecule has 0 radical (unpaired) electrons. The number of hydrogen-bond acceptors (Lipinski definition) is 8. The van der Waals surface area contributed by atoms with Crippen molar-refractivity contribution < 1.29 is 82.1 Å². The van der Waals surface area contributed by atoms with Gasteiger partial charge in [-0.25, -0.2) is 17.6 Å². The summed E-state index contributed by atoms with van der Waals surface area (Å²) in [5, 5.41) is 6.01. The number of halogens is 18. The van der Waals surface area contributed by atoms with Crippen molar-refractivity contribution in [3.8, 4) is 0 Å². The fourth-order valence-electron chi connectivity index (χ4n) is 19.4. The number of carbonyl (C=O) groups is 6. The molecule has 4 aromatic heterocycles. The van der Waals surface area contributed by atoms with Gasteiger partial charge in [-0.05, 0) is 230 Å². The van der Waals surface area contributed by atoms with Crippen LogP contribution >= 0.6 is 92.8 Å². The number of aryl methyl sites for hydroxylation is 6. The lowest BCUT2D eigenvalue weighted by Gasteiger charge is -2.32. The number of nitrogens with zero attached hydrogens (tertiary/aromatic N) is 8. The molecule has 0 spiro atoms.